The molecule has 106 valence electrons. The van der Waals surface area contributed by atoms with Crippen LogP contribution in [0.5, 0.6) is 0 Å². The summed E-state index contributed by atoms with van der Waals surface area (Å²) in [5, 5.41) is 3.32. The number of hydrogen-bond acceptors (Lipinski definition) is 3. The summed E-state index contributed by atoms with van der Waals surface area (Å²) >= 11 is 0. The predicted octanol–water partition coefficient (Wildman–Crippen LogP) is 1.74. The molecule has 0 aliphatic carbocycles. The Labute approximate surface area is 116 Å². The number of carbonyl (C=O) groups excluding carboxylic acids is 1. The van der Waals surface area contributed by atoms with Gasteiger partial charge in [0.2, 0.25) is 5.91 Å². The van der Waals surface area contributed by atoms with E-state index in [1.807, 2.05) is 12.1 Å². The Hall–Kier alpha value is -1.55. The molecule has 4 heteroatoms. The van der Waals surface area contributed by atoms with Gasteiger partial charge in [-0.1, -0.05) is 39.0 Å². The summed E-state index contributed by atoms with van der Waals surface area (Å²) in [6, 6.07) is 8.16. The molecular formula is C15H25N3O. The maximum absolute atomic E-state index is 11.3. The SMILES string of the molecule is CCNCc1ccccc1N(CC(N)=O)CC(C)C. The summed E-state index contributed by atoms with van der Waals surface area (Å²) in [6.07, 6.45) is 0. The lowest BCUT2D eigenvalue weighted by Gasteiger charge is -2.27. The minimum absolute atomic E-state index is 0.265. The Kier molecular flexibility index (Phi) is 6.36. The van der Waals surface area contributed by atoms with E-state index in [1.165, 1.54) is 5.56 Å². The first-order valence-corrected chi connectivity index (χ1v) is 6.86. The van der Waals surface area contributed by atoms with E-state index in [0.717, 1.165) is 25.3 Å². The minimum atomic E-state index is -0.293. The maximum atomic E-state index is 11.3. The number of hydrogen-bond donors (Lipinski definition) is 2. The third-order valence-electron chi connectivity index (χ3n) is 2.83. The molecule has 1 aromatic rings. The van der Waals surface area contributed by atoms with Crippen LogP contribution in [0.15, 0.2) is 24.3 Å². The lowest BCUT2D eigenvalue weighted by molar-refractivity contribution is -0.116. The lowest BCUT2D eigenvalue weighted by atomic mass is 10.1. The van der Waals surface area contributed by atoms with E-state index < -0.39 is 0 Å². The molecule has 0 bridgehead atoms. The molecule has 0 spiro atoms. The molecule has 1 aromatic carbocycles. The third-order valence-corrected chi connectivity index (χ3v) is 2.83. The number of carbonyl (C=O) groups is 1. The van der Waals surface area contributed by atoms with Crippen molar-refractivity contribution in [1.82, 2.24) is 5.32 Å². The highest BCUT2D eigenvalue weighted by Crippen LogP contribution is 2.21. The van der Waals surface area contributed by atoms with E-state index >= 15 is 0 Å². The van der Waals surface area contributed by atoms with Crippen LogP contribution < -0.4 is 16.0 Å². The van der Waals surface area contributed by atoms with Gasteiger partial charge in [0.1, 0.15) is 0 Å². The molecule has 0 aromatic heterocycles. The molecule has 0 saturated heterocycles. The van der Waals surface area contributed by atoms with E-state index in [9.17, 15) is 4.79 Å². The lowest BCUT2D eigenvalue weighted by Crippen LogP contribution is -2.37. The normalized spacial score (nSPS) is 10.7. The van der Waals surface area contributed by atoms with E-state index in [-0.39, 0.29) is 12.5 Å². The Morgan fingerprint density at radius 2 is 2.05 bits per heavy atom. The molecule has 1 amide bonds. The number of para-hydroxylation sites is 1. The highest BCUT2D eigenvalue weighted by molar-refractivity contribution is 5.80. The Morgan fingerprint density at radius 3 is 2.63 bits per heavy atom. The average molecular weight is 263 g/mol. The monoisotopic (exact) mass is 263 g/mol. The second-order valence-electron chi connectivity index (χ2n) is 5.15. The Bertz CT molecular complexity index is 404. The fraction of sp³-hybridized carbons (Fsp3) is 0.533. The van der Waals surface area contributed by atoms with Gasteiger partial charge < -0.3 is 16.0 Å². The van der Waals surface area contributed by atoms with Crippen LogP contribution in [0.25, 0.3) is 0 Å². The van der Waals surface area contributed by atoms with Crippen molar-refractivity contribution in [3.63, 3.8) is 0 Å². The molecule has 0 aliphatic heterocycles. The molecule has 0 unspecified atom stereocenters. The van der Waals surface area contributed by atoms with Crippen LogP contribution in [-0.4, -0.2) is 25.5 Å². The van der Waals surface area contributed by atoms with E-state index in [4.69, 9.17) is 5.73 Å². The van der Waals surface area contributed by atoms with Crippen molar-refractivity contribution in [2.24, 2.45) is 11.7 Å². The summed E-state index contributed by atoms with van der Waals surface area (Å²) in [5.74, 6) is 0.186. The molecule has 3 N–H and O–H groups in total. The van der Waals surface area contributed by atoms with Gasteiger partial charge in [0, 0.05) is 18.8 Å². The van der Waals surface area contributed by atoms with E-state index in [2.05, 4.69) is 43.1 Å². The van der Waals surface area contributed by atoms with Crippen molar-refractivity contribution in [3.8, 4) is 0 Å². The Morgan fingerprint density at radius 1 is 1.37 bits per heavy atom. The first kappa shape index (κ1) is 15.5. The highest BCUT2D eigenvalue weighted by atomic mass is 16.1. The van der Waals surface area contributed by atoms with E-state index in [0.29, 0.717) is 5.92 Å². The van der Waals surface area contributed by atoms with Crippen molar-refractivity contribution < 1.29 is 4.79 Å². The average Bonchev–Trinajstić information content (AvgIpc) is 2.35. The number of primary amides is 1. The zero-order valence-electron chi connectivity index (χ0n) is 12.1. The van der Waals surface area contributed by atoms with Crippen LogP contribution in [0.3, 0.4) is 0 Å². The summed E-state index contributed by atoms with van der Waals surface area (Å²) in [6.45, 7) is 9.18. The maximum Gasteiger partial charge on any atom is 0.236 e. The first-order valence-electron chi connectivity index (χ1n) is 6.86. The third kappa shape index (κ3) is 5.30. The molecule has 1 rings (SSSR count). The molecule has 19 heavy (non-hydrogen) atoms. The van der Waals surface area contributed by atoms with Crippen LogP contribution in [0.4, 0.5) is 5.69 Å². The van der Waals surface area contributed by atoms with Crippen molar-refractivity contribution in [3.05, 3.63) is 29.8 Å². The van der Waals surface area contributed by atoms with Crippen LogP contribution in [-0.2, 0) is 11.3 Å². The van der Waals surface area contributed by atoms with Gasteiger partial charge in [0.25, 0.3) is 0 Å². The minimum Gasteiger partial charge on any atom is -0.368 e. The van der Waals surface area contributed by atoms with Gasteiger partial charge in [-0.25, -0.2) is 0 Å². The fourth-order valence-electron chi connectivity index (χ4n) is 2.11. The molecule has 0 fully saturated rings. The topological polar surface area (TPSA) is 58.4 Å². The van der Waals surface area contributed by atoms with E-state index in [1.54, 1.807) is 0 Å². The number of nitrogens with two attached hydrogens (primary N) is 1. The zero-order valence-corrected chi connectivity index (χ0v) is 12.1. The Balaban J connectivity index is 2.95. The standard InChI is InChI=1S/C15H25N3O/c1-4-17-9-13-7-5-6-8-14(13)18(10-12(2)3)11-15(16)19/h5-8,12,17H,4,9-11H2,1-3H3,(H2,16,19). The number of amides is 1. The summed E-state index contributed by atoms with van der Waals surface area (Å²) < 4.78 is 0. The smallest absolute Gasteiger partial charge is 0.236 e. The van der Waals surface area contributed by atoms with Gasteiger partial charge in [-0.2, -0.15) is 0 Å². The second-order valence-corrected chi connectivity index (χ2v) is 5.15. The van der Waals surface area contributed by atoms with Crippen LogP contribution >= 0.6 is 0 Å². The van der Waals surface area contributed by atoms with Gasteiger partial charge in [-0.05, 0) is 24.1 Å². The first-order chi connectivity index (χ1) is 9.04. The molecular weight excluding hydrogens is 238 g/mol. The van der Waals surface area contributed by atoms with Crippen LogP contribution in [0.1, 0.15) is 26.3 Å². The molecule has 0 radical (unpaired) electrons. The molecule has 0 heterocycles. The van der Waals surface area contributed by atoms with Gasteiger partial charge >= 0.3 is 0 Å². The summed E-state index contributed by atoms with van der Waals surface area (Å²) in [5.41, 5.74) is 7.65. The fourth-order valence-corrected chi connectivity index (χ4v) is 2.11. The van der Waals surface area contributed by atoms with Crippen LogP contribution in [0.2, 0.25) is 0 Å². The molecule has 4 nitrogen and oxygen atoms in total. The van der Waals surface area contributed by atoms with Gasteiger partial charge in [-0.15, -0.1) is 0 Å². The van der Waals surface area contributed by atoms with Crippen LogP contribution in [0, 0.1) is 5.92 Å². The molecule has 0 aliphatic rings. The summed E-state index contributed by atoms with van der Waals surface area (Å²) in [4.78, 5) is 13.3. The number of anilines is 1. The molecule has 0 atom stereocenters. The van der Waals surface area contributed by atoms with Crippen molar-refractivity contribution >= 4 is 11.6 Å². The van der Waals surface area contributed by atoms with Crippen molar-refractivity contribution in [2.45, 2.75) is 27.3 Å². The highest BCUT2D eigenvalue weighted by Gasteiger charge is 2.14. The van der Waals surface area contributed by atoms with Gasteiger partial charge in [0.05, 0.1) is 6.54 Å². The number of nitrogens with one attached hydrogen (secondary N) is 1. The predicted molar refractivity (Wildman–Crippen MR) is 80.1 cm³/mol. The van der Waals surface area contributed by atoms with Gasteiger partial charge in [-0.3, -0.25) is 4.79 Å². The summed E-state index contributed by atoms with van der Waals surface area (Å²) in [7, 11) is 0. The number of benzene rings is 1. The largest absolute Gasteiger partial charge is 0.368 e. The van der Waals surface area contributed by atoms with Gasteiger partial charge in [0.15, 0.2) is 0 Å². The zero-order chi connectivity index (χ0) is 14.3. The van der Waals surface area contributed by atoms with Crippen molar-refractivity contribution in [2.75, 3.05) is 24.5 Å². The molecule has 0 saturated carbocycles. The second kappa shape index (κ2) is 7.79. The quantitative estimate of drug-likeness (QED) is 0.751. The number of nitrogens with zero attached hydrogens (tertiary/aromatic N) is 1. The number of rotatable bonds is 8. The van der Waals surface area contributed by atoms with Crippen molar-refractivity contribution in [1.29, 1.82) is 0 Å².